The van der Waals surface area contributed by atoms with Crippen LogP contribution in [0, 0.1) is 19.7 Å². The molecule has 5 nitrogen and oxygen atoms in total. The first-order chi connectivity index (χ1) is 11.1. The van der Waals surface area contributed by atoms with Crippen LogP contribution in [0.1, 0.15) is 17.8 Å². The van der Waals surface area contributed by atoms with Crippen LogP contribution in [0.5, 0.6) is 0 Å². The van der Waals surface area contributed by atoms with Crippen molar-refractivity contribution in [1.29, 1.82) is 0 Å². The Bertz CT molecular complexity index is 827. The quantitative estimate of drug-likeness (QED) is 0.711. The van der Waals surface area contributed by atoms with Crippen molar-refractivity contribution < 1.29 is 9.50 Å². The summed E-state index contributed by atoms with van der Waals surface area (Å²) in [6.07, 6.45) is 0.661. The Morgan fingerprint density at radius 1 is 1.22 bits per heavy atom. The molecule has 0 fully saturated rings. The van der Waals surface area contributed by atoms with E-state index in [1.807, 2.05) is 19.9 Å². The number of aliphatic hydroxyl groups is 1. The molecule has 0 spiro atoms. The number of benzene rings is 1. The molecule has 3 aromatic rings. The van der Waals surface area contributed by atoms with Crippen molar-refractivity contribution in [1.82, 2.24) is 14.6 Å². The van der Waals surface area contributed by atoms with Crippen molar-refractivity contribution in [2.75, 3.05) is 18.5 Å². The topological polar surface area (TPSA) is 62.5 Å². The highest BCUT2D eigenvalue weighted by Gasteiger charge is 2.15. The number of aryl methyl sites for hydroxylation is 2. The van der Waals surface area contributed by atoms with Crippen molar-refractivity contribution in [3.05, 3.63) is 47.5 Å². The third-order valence-electron chi connectivity index (χ3n) is 3.67. The van der Waals surface area contributed by atoms with E-state index < -0.39 is 0 Å². The van der Waals surface area contributed by atoms with Gasteiger partial charge in [0, 0.05) is 30.5 Å². The van der Waals surface area contributed by atoms with Crippen molar-refractivity contribution in [2.24, 2.45) is 0 Å². The van der Waals surface area contributed by atoms with Crippen LogP contribution in [-0.4, -0.2) is 32.9 Å². The zero-order valence-electron chi connectivity index (χ0n) is 13.2. The molecule has 120 valence electrons. The second-order valence-electron chi connectivity index (χ2n) is 5.49. The van der Waals surface area contributed by atoms with E-state index in [9.17, 15) is 4.39 Å². The second kappa shape index (κ2) is 6.34. The average Bonchev–Trinajstić information content (AvgIpc) is 2.85. The Balaban J connectivity index is 2.12. The van der Waals surface area contributed by atoms with E-state index in [-0.39, 0.29) is 12.4 Å². The molecular formula is C17H19FN4O. The Morgan fingerprint density at radius 3 is 2.65 bits per heavy atom. The number of rotatable bonds is 5. The van der Waals surface area contributed by atoms with Crippen molar-refractivity contribution in [3.8, 4) is 11.1 Å². The van der Waals surface area contributed by atoms with Crippen LogP contribution < -0.4 is 5.32 Å². The van der Waals surface area contributed by atoms with Gasteiger partial charge >= 0.3 is 0 Å². The van der Waals surface area contributed by atoms with Gasteiger partial charge in [0.25, 0.3) is 0 Å². The third-order valence-corrected chi connectivity index (χ3v) is 3.67. The molecule has 3 rings (SSSR count). The van der Waals surface area contributed by atoms with E-state index in [0.717, 1.165) is 34.0 Å². The molecule has 2 heterocycles. The highest BCUT2D eigenvalue weighted by molar-refractivity contribution is 5.80. The van der Waals surface area contributed by atoms with Crippen LogP contribution in [0.15, 0.2) is 30.3 Å². The number of anilines is 1. The Hall–Kier alpha value is -2.47. The van der Waals surface area contributed by atoms with Gasteiger partial charge in [0.2, 0.25) is 0 Å². The van der Waals surface area contributed by atoms with Gasteiger partial charge in [-0.25, -0.2) is 9.37 Å². The number of aliphatic hydroxyl groups excluding tert-OH is 1. The van der Waals surface area contributed by atoms with Gasteiger partial charge in [-0.05, 0) is 38.0 Å². The summed E-state index contributed by atoms with van der Waals surface area (Å²) in [6.45, 7) is 4.63. The maximum atomic E-state index is 13.2. The van der Waals surface area contributed by atoms with Crippen molar-refractivity contribution in [2.45, 2.75) is 20.3 Å². The van der Waals surface area contributed by atoms with E-state index in [2.05, 4.69) is 15.4 Å². The lowest BCUT2D eigenvalue weighted by Gasteiger charge is -2.09. The Kier molecular flexibility index (Phi) is 4.25. The van der Waals surface area contributed by atoms with Gasteiger partial charge in [-0.1, -0.05) is 12.1 Å². The lowest BCUT2D eigenvalue weighted by molar-refractivity contribution is 0.292. The normalized spacial score (nSPS) is 11.1. The average molecular weight is 314 g/mol. The lowest BCUT2D eigenvalue weighted by Crippen LogP contribution is -2.09. The maximum absolute atomic E-state index is 13.2. The van der Waals surface area contributed by atoms with E-state index in [4.69, 9.17) is 5.11 Å². The summed E-state index contributed by atoms with van der Waals surface area (Å²) in [5.74, 6) is 0.566. The second-order valence-corrected chi connectivity index (χ2v) is 5.49. The number of halogens is 1. The lowest BCUT2D eigenvalue weighted by atomic mass is 10.1. The SMILES string of the molecule is Cc1cc(NCCCO)n2nc(C)c(-c3ccc(F)cc3)c2n1. The van der Waals surface area contributed by atoms with E-state index in [0.29, 0.717) is 13.0 Å². The minimum atomic E-state index is -0.265. The molecule has 23 heavy (non-hydrogen) atoms. The fraction of sp³-hybridized carbons (Fsp3) is 0.294. The summed E-state index contributed by atoms with van der Waals surface area (Å²) in [5.41, 5.74) is 4.23. The molecule has 1 aromatic carbocycles. The number of hydrogen-bond acceptors (Lipinski definition) is 4. The zero-order chi connectivity index (χ0) is 16.4. The molecule has 0 aliphatic carbocycles. The standard InChI is InChI=1S/C17H19FN4O/c1-11-10-15(19-8-3-9-23)22-17(20-11)16(12(2)21-22)13-4-6-14(18)7-5-13/h4-7,10,19,23H,3,8-9H2,1-2H3. The molecule has 0 unspecified atom stereocenters. The molecule has 2 N–H and O–H groups in total. The molecule has 0 radical (unpaired) electrons. The molecule has 0 amide bonds. The molecular weight excluding hydrogens is 295 g/mol. The summed E-state index contributed by atoms with van der Waals surface area (Å²) in [5, 5.41) is 16.8. The van der Waals surface area contributed by atoms with Crippen LogP contribution in [-0.2, 0) is 0 Å². The molecule has 2 aromatic heterocycles. The van der Waals surface area contributed by atoms with Crippen LogP contribution in [0.2, 0.25) is 0 Å². The fourth-order valence-corrected chi connectivity index (χ4v) is 2.62. The predicted molar refractivity (Wildman–Crippen MR) is 88.0 cm³/mol. The first-order valence-corrected chi connectivity index (χ1v) is 7.58. The van der Waals surface area contributed by atoms with Gasteiger partial charge < -0.3 is 10.4 Å². The largest absolute Gasteiger partial charge is 0.396 e. The Labute approximate surface area is 133 Å². The monoisotopic (exact) mass is 314 g/mol. The maximum Gasteiger partial charge on any atom is 0.165 e. The summed E-state index contributed by atoms with van der Waals surface area (Å²) < 4.78 is 14.9. The van der Waals surface area contributed by atoms with Gasteiger partial charge in [-0.15, -0.1) is 0 Å². The van der Waals surface area contributed by atoms with Crippen molar-refractivity contribution in [3.63, 3.8) is 0 Å². The van der Waals surface area contributed by atoms with Gasteiger partial charge in [-0.2, -0.15) is 9.61 Å². The van der Waals surface area contributed by atoms with Crippen LogP contribution in [0.4, 0.5) is 10.2 Å². The number of nitrogens with one attached hydrogen (secondary N) is 1. The van der Waals surface area contributed by atoms with E-state index in [1.165, 1.54) is 12.1 Å². The zero-order valence-corrected chi connectivity index (χ0v) is 13.2. The minimum absolute atomic E-state index is 0.138. The first-order valence-electron chi connectivity index (χ1n) is 7.58. The molecule has 0 atom stereocenters. The summed E-state index contributed by atoms with van der Waals surface area (Å²) in [7, 11) is 0. The van der Waals surface area contributed by atoms with E-state index >= 15 is 0 Å². The molecule has 0 aliphatic rings. The van der Waals surface area contributed by atoms with Gasteiger partial charge in [-0.3, -0.25) is 0 Å². The predicted octanol–water partition coefficient (Wildman–Crippen LogP) is 2.95. The summed E-state index contributed by atoms with van der Waals surface area (Å²) >= 11 is 0. The molecule has 0 saturated carbocycles. The third kappa shape index (κ3) is 3.03. The number of nitrogens with zero attached hydrogens (tertiary/aromatic N) is 3. The van der Waals surface area contributed by atoms with Crippen LogP contribution in [0.25, 0.3) is 16.8 Å². The van der Waals surface area contributed by atoms with Gasteiger partial charge in [0.1, 0.15) is 11.6 Å². The van der Waals surface area contributed by atoms with Crippen LogP contribution in [0.3, 0.4) is 0 Å². The number of aromatic nitrogens is 3. The van der Waals surface area contributed by atoms with Crippen LogP contribution >= 0.6 is 0 Å². The number of hydrogen-bond donors (Lipinski definition) is 2. The van der Waals surface area contributed by atoms with Gasteiger partial charge in [0.05, 0.1) is 5.69 Å². The first kappa shape index (κ1) is 15.4. The highest BCUT2D eigenvalue weighted by Crippen LogP contribution is 2.29. The molecule has 0 aliphatic heterocycles. The summed E-state index contributed by atoms with van der Waals surface area (Å²) in [6, 6.07) is 8.28. The van der Waals surface area contributed by atoms with Gasteiger partial charge in [0.15, 0.2) is 5.65 Å². The minimum Gasteiger partial charge on any atom is -0.396 e. The molecule has 6 heteroatoms. The highest BCUT2D eigenvalue weighted by atomic mass is 19.1. The van der Waals surface area contributed by atoms with Crippen molar-refractivity contribution >= 4 is 11.5 Å². The molecule has 0 bridgehead atoms. The summed E-state index contributed by atoms with van der Waals surface area (Å²) in [4.78, 5) is 4.60. The molecule has 0 saturated heterocycles. The fourth-order valence-electron chi connectivity index (χ4n) is 2.62. The van der Waals surface area contributed by atoms with E-state index in [1.54, 1.807) is 16.6 Å². The number of fused-ring (bicyclic) bond motifs is 1. The smallest absolute Gasteiger partial charge is 0.165 e. The Morgan fingerprint density at radius 2 is 1.96 bits per heavy atom.